The average molecular weight is 242 g/mol. The lowest BCUT2D eigenvalue weighted by atomic mass is 10.1. The van der Waals surface area contributed by atoms with Crippen LogP contribution >= 0.6 is 0 Å². The summed E-state index contributed by atoms with van der Waals surface area (Å²) in [5.41, 5.74) is 2.00. The Balaban J connectivity index is 1.93. The molecule has 1 aromatic heterocycles. The summed E-state index contributed by atoms with van der Waals surface area (Å²) in [4.78, 5) is 17.7. The van der Waals surface area contributed by atoms with Gasteiger partial charge in [0.2, 0.25) is 5.91 Å². The van der Waals surface area contributed by atoms with Gasteiger partial charge in [-0.2, -0.15) is 0 Å². The number of amides is 1. The Morgan fingerprint density at radius 2 is 2.22 bits per heavy atom. The van der Waals surface area contributed by atoms with E-state index in [1.165, 1.54) is 0 Å². The number of benzene rings is 1. The van der Waals surface area contributed by atoms with E-state index in [1.54, 1.807) is 11.1 Å². The second-order valence-corrected chi connectivity index (χ2v) is 4.62. The molecule has 4 heteroatoms. The minimum absolute atomic E-state index is 0.0170. The molecule has 4 nitrogen and oxygen atoms in total. The van der Waals surface area contributed by atoms with Crippen LogP contribution < -0.4 is 0 Å². The maximum atomic E-state index is 11.7. The molecule has 1 saturated heterocycles. The third kappa shape index (κ3) is 1.95. The van der Waals surface area contributed by atoms with Crippen LogP contribution in [-0.4, -0.2) is 33.5 Å². The summed E-state index contributed by atoms with van der Waals surface area (Å²) >= 11 is 0. The van der Waals surface area contributed by atoms with Gasteiger partial charge in [-0.15, -0.1) is 0 Å². The maximum absolute atomic E-state index is 11.7. The van der Waals surface area contributed by atoms with Crippen LogP contribution in [0.5, 0.6) is 0 Å². The molecule has 3 rings (SSSR count). The molecule has 1 fully saturated rings. The quantitative estimate of drug-likeness (QED) is 0.864. The smallest absolute Gasteiger partial charge is 0.225 e. The minimum Gasteiger partial charge on any atom is -0.391 e. The number of aliphatic hydroxyl groups excluding tert-OH is 1. The number of aliphatic hydroxyl groups is 1. The van der Waals surface area contributed by atoms with Gasteiger partial charge in [0, 0.05) is 24.7 Å². The molecule has 2 heterocycles. The number of hydrogen-bond acceptors (Lipinski definition) is 3. The topological polar surface area (TPSA) is 53.4 Å². The number of carbonyl (C=O) groups excluding carboxylic acids is 1. The van der Waals surface area contributed by atoms with Crippen molar-refractivity contribution in [3.8, 4) is 0 Å². The molecule has 1 atom stereocenters. The summed E-state index contributed by atoms with van der Waals surface area (Å²) in [6.07, 6.45) is 1.48. The molecule has 0 saturated carbocycles. The lowest BCUT2D eigenvalue weighted by Gasteiger charge is -2.16. The van der Waals surface area contributed by atoms with Gasteiger partial charge in [-0.25, -0.2) is 0 Å². The van der Waals surface area contributed by atoms with Crippen molar-refractivity contribution in [1.29, 1.82) is 0 Å². The molecule has 18 heavy (non-hydrogen) atoms. The van der Waals surface area contributed by atoms with Gasteiger partial charge in [-0.3, -0.25) is 9.78 Å². The highest BCUT2D eigenvalue weighted by atomic mass is 16.3. The van der Waals surface area contributed by atoms with E-state index in [0.717, 1.165) is 16.5 Å². The van der Waals surface area contributed by atoms with Gasteiger partial charge < -0.3 is 10.0 Å². The van der Waals surface area contributed by atoms with Crippen LogP contribution in [0, 0.1) is 0 Å². The van der Waals surface area contributed by atoms with Crippen molar-refractivity contribution >= 4 is 16.8 Å². The molecule has 92 valence electrons. The first-order valence-corrected chi connectivity index (χ1v) is 6.02. The van der Waals surface area contributed by atoms with Gasteiger partial charge in [0.05, 0.1) is 18.0 Å². The van der Waals surface area contributed by atoms with Crippen LogP contribution in [0.1, 0.15) is 12.0 Å². The number of β-amino-alcohol motifs (C(OH)–C–C–N with tert-alkyl or cyclic N) is 1. The fourth-order valence-electron chi connectivity index (χ4n) is 2.41. The Morgan fingerprint density at radius 3 is 3.00 bits per heavy atom. The Labute approximate surface area is 105 Å². The molecule has 0 radical (unpaired) electrons. The highest BCUT2D eigenvalue weighted by Crippen LogP contribution is 2.21. The van der Waals surface area contributed by atoms with Gasteiger partial charge in [0.15, 0.2) is 0 Å². The summed E-state index contributed by atoms with van der Waals surface area (Å²) in [7, 11) is 0. The van der Waals surface area contributed by atoms with E-state index in [9.17, 15) is 9.90 Å². The van der Waals surface area contributed by atoms with Crippen molar-refractivity contribution in [2.75, 3.05) is 6.54 Å². The van der Waals surface area contributed by atoms with E-state index in [0.29, 0.717) is 13.1 Å². The number of hydrogen-bond donors (Lipinski definition) is 1. The average Bonchev–Trinajstić information content (AvgIpc) is 2.68. The molecule has 1 aliphatic rings. The lowest BCUT2D eigenvalue weighted by Crippen LogP contribution is -2.25. The van der Waals surface area contributed by atoms with Crippen molar-refractivity contribution in [3.05, 3.63) is 42.1 Å². The van der Waals surface area contributed by atoms with Crippen LogP contribution in [0.2, 0.25) is 0 Å². The number of rotatable bonds is 2. The normalized spacial score (nSPS) is 19.7. The first-order chi connectivity index (χ1) is 8.74. The Morgan fingerprint density at radius 1 is 1.33 bits per heavy atom. The third-order valence-electron chi connectivity index (χ3n) is 3.29. The van der Waals surface area contributed by atoms with Crippen LogP contribution in [-0.2, 0) is 11.3 Å². The predicted octanol–water partition coefficient (Wildman–Crippen LogP) is 1.33. The van der Waals surface area contributed by atoms with Crippen LogP contribution in [0.3, 0.4) is 0 Å². The fraction of sp³-hybridized carbons (Fsp3) is 0.286. The molecule has 1 amide bonds. The largest absolute Gasteiger partial charge is 0.391 e. The molecule has 0 spiro atoms. The summed E-state index contributed by atoms with van der Waals surface area (Å²) in [5.74, 6) is 0.0170. The van der Waals surface area contributed by atoms with Crippen molar-refractivity contribution < 1.29 is 9.90 Å². The van der Waals surface area contributed by atoms with Crippen LogP contribution in [0.4, 0.5) is 0 Å². The molecule has 0 bridgehead atoms. The highest BCUT2D eigenvalue weighted by molar-refractivity contribution is 5.83. The van der Waals surface area contributed by atoms with Crippen LogP contribution in [0.15, 0.2) is 36.5 Å². The zero-order chi connectivity index (χ0) is 12.5. The van der Waals surface area contributed by atoms with Gasteiger partial charge in [-0.1, -0.05) is 18.2 Å². The molecule has 1 N–H and O–H groups in total. The number of likely N-dealkylation sites (tertiary alicyclic amines) is 1. The number of pyridine rings is 1. The Kier molecular flexibility index (Phi) is 2.72. The number of carbonyl (C=O) groups is 1. The van der Waals surface area contributed by atoms with E-state index in [-0.39, 0.29) is 12.3 Å². The summed E-state index contributed by atoms with van der Waals surface area (Å²) in [6, 6.07) is 9.81. The zero-order valence-electron chi connectivity index (χ0n) is 9.91. The van der Waals surface area contributed by atoms with Gasteiger partial charge in [-0.05, 0) is 17.7 Å². The zero-order valence-corrected chi connectivity index (χ0v) is 9.91. The number of nitrogens with zero attached hydrogens (tertiary/aromatic N) is 2. The van der Waals surface area contributed by atoms with E-state index in [2.05, 4.69) is 4.98 Å². The molecule has 1 aliphatic heterocycles. The fourth-order valence-corrected chi connectivity index (χ4v) is 2.41. The first-order valence-electron chi connectivity index (χ1n) is 6.02. The molecule has 0 aliphatic carbocycles. The van der Waals surface area contributed by atoms with Crippen molar-refractivity contribution in [2.24, 2.45) is 0 Å². The van der Waals surface area contributed by atoms with Crippen LogP contribution in [0.25, 0.3) is 10.9 Å². The molecule has 1 unspecified atom stereocenters. The van der Waals surface area contributed by atoms with E-state index < -0.39 is 6.10 Å². The Hall–Kier alpha value is -1.94. The SMILES string of the molecule is O=C1CC(O)CN1Cc1cccc2ncccc12. The molecule has 2 aromatic rings. The second-order valence-electron chi connectivity index (χ2n) is 4.62. The van der Waals surface area contributed by atoms with Gasteiger partial charge in [0.25, 0.3) is 0 Å². The Bertz CT molecular complexity index is 592. The van der Waals surface area contributed by atoms with E-state index in [1.807, 2.05) is 30.3 Å². The lowest BCUT2D eigenvalue weighted by molar-refractivity contribution is -0.128. The molecular formula is C14H14N2O2. The number of aromatic nitrogens is 1. The summed E-state index contributed by atoms with van der Waals surface area (Å²) < 4.78 is 0. The monoisotopic (exact) mass is 242 g/mol. The van der Waals surface area contributed by atoms with Crippen molar-refractivity contribution in [1.82, 2.24) is 9.88 Å². The van der Waals surface area contributed by atoms with Crippen molar-refractivity contribution in [2.45, 2.75) is 19.1 Å². The van der Waals surface area contributed by atoms with Gasteiger partial charge >= 0.3 is 0 Å². The number of fused-ring (bicyclic) bond motifs is 1. The van der Waals surface area contributed by atoms with Gasteiger partial charge in [0.1, 0.15) is 0 Å². The van der Waals surface area contributed by atoms with E-state index in [4.69, 9.17) is 0 Å². The third-order valence-corrected chi connectivity index (χ3v) is 3.29. The summed E-state index contributed by atoms with van der Waals surface area (Å²) in [6.45, 7) is 0.967. The maximum Gasteiger partial charge on any atom is 0.225 e. The predicted molar refractivity (Wildman–Crippen MR) is 67.8 cm³/mol. The van der Waals surface area contributed by atoms with E-state index >= 15 is 0 Å². The highest BCUT2D eigenvalue weighted by Gasteiger charge is 2.27. The van der Waals surface area contributed by atoms with Crippen molar-refractivity contribution in [3.63, 3.8) is 0 Å². The second kappa shape index (κ2) is 4.38. The standard InChI is InChI=1S/C14H14N2O2/c17-11-7-14(18)16(9-11)8-10-3-1-5-13-12(10)4-2-6-15-13/h1-6,11,17H,7-9H2. The first kappa shape index (κ1) is 11.2. The molecule has 1 aromatic carbocycles. The minimum atomic E-state index is -0.523. The summed E-state index contributed by atoms with van der Waals surface area (Å²) in [5, 5.41) is 10.6. The molecular weight excluding hydrogens is 228 g/mol.